The van der Waals surface area contributed by atoms with Crippen LogP contribution in [0.3, 0.4) is 0 Å². The molecule has 3 aliphatic rings. The molecule has 0 bridgehead atoms. The predicted molar refractivity (Wildman–Crippen MR) is 80.0 cm³/mol. The standard InChI is InChI=1S/C15H25NO3S/c1-18-14(17)12-2-6-16(11-12)13-3-7-19-15(10-13)4-8-20-9-5-15/h12-13H,2-11H2,1H3. The molecule has 3 rings (SSSR count). The maximum absolute atomic E-state index is 11.7. The number of carbonyl (C=O) groups excluding carboxylic acids is 1. The summed E-state index contributed by atoms with van der Waals surface area (Å²) in [5.41, 5.74) is 0.136. The predicted octanol–water partition coefficient (Wildman–Crippen LogP) is 1.93. The fraction of sp³-hybridized carbons (Fsp3) is 0.933. The lowest BCUT2D eigenvalue weighted by atomic mass is 9.85. The number of likely N-dealkylation sites (tertiary alicyclic amines) is 1. The molecular formula is C15H25NO3S. The molecular weight excluding hydrogens is 274 g/mol. The molecule has 3 saturated heterocycles. The van der Waals surface area contributed by atoms with E-state index in [1.165, 1.54) is 31.5 Å². The van der Waals surface area contributed by atoms with Crippen LogP contribution in [0.15, 0.2) is 0 Å². The molecule has 0 radical (unpaired) electrons. The van der Waals surface area contributed by atoms with Gasteiger partial charge in [-0.3, -0.25) is 9.69 Å². The first-order valence-electron chi connectivity index (χ1n) is 7.76. The van der Waals surface area contributed by atoms with Gasteiger partial charge in [0, 0.05) is 19.2 Å². The van der Waals surface area contributed by atoms with E-state index in [0.717, 1.165) is 39.0 Å². The zero-order chi connectivity index (χ0) is 14.0. The van der Waals surface area contributed by atoms with Crippen molar-refractivity contribution in [3.05, 3.63) is 0 Å². The van der Waals surface area contributed by atoms with E-state index in [9.17, 15) is 4.79 Å². The molecule has 0 saturated carbocycles. The Hall–Kier alpha value is -0.260. The molecule has 4 nitrogen and oxygen atoms in total. The highest BCUT2D eigenvalue weighted by molar-refractivity contribution is 7.99. The number of nitrogens with zero attached hydrogens (tertiary/aromatic N) is 1. The minimum Gasteiger partial charge on any atom is -0.469 e. The summed E-state index contributed by atoms with van der Waals surface area (Å²) >= 11 is 2.05. The normalized spacial score (nSPS) is 34.2. The molecule has 0 N–H and O–H groups in total. The number of carbonyl (C=O) groups is 1. The Balaban J connectivity index is 1.59. The van der Waals surface area contributed by atoms with E-state index in [1.54, 1.807) is 0 Å². The van der Waals surface area contributed by atoms with Crippen molar-refractivity contribution in [2.24, 2.45) is 5.92 Å². The SMILES string of the molecule is COC(=O)C1CCN(C2CCOC3(CCSCC3)C2)C1. The largest absolute Gasteiger partial charge is 0.469 e. The van der Waals surface area contributed by atoms with Crippen molar-refractivity contribution >= 4 is 17.7 Å². The first-order valence-corrected chi connectivity index (χ1v) is 8.91. The van der Waals surface area contributed by atoms with E-state index < -0.39 is 0 Å². The molecule has 2 unspecified atom stereocenters. The van der Waals surface area contributed by atoms with Crippen molar-refractivity contribution in [2.45, 2.75) is 43.7 Å². The third-order valence-electron chi connectivity index (χ3n) is 5.14. The van der Waals surface area contributed by atoms with Gasteiger partial charge in [-0.25, -0.2) is 0 Å². The number of rotatable bonds is 2. The molecule has 0 aromatic carbocycles. The first-order chi connectivity index (χ1) is 9.72. The van der Waals surface area contributed by atoms with E-state index in [-0.39, 0.29) is 17.5 Å². The third kappa shape index (κ3) is 3.00. The monoisotopic (exact) mass is 299 g/mol. The molecule has 0 aromatic heterocycles. The summed E-state index contributed by atoms with van der Waals surface area (Å²) in [6, 6.07) is 0.599. The average molecular weight is 299 g/mol. The van der Waals surface area contributed by atoms with Gasteiger partial charge < -0.3 is 9.47 Å². The minimum absolute atomic E-state index is 0.0386. The first kappa shape index (κ1) is 14.7. The maximum atomic E-state index is 11.7. The van der Waals surface area contributed by atoms with Gasteiger partial charge in [0.15, 0.2) is 0 Å². The molecule has 3 fully saturated rings. The van der Waals surface area contributed by atoms with Crippen LogP contribution in [-0.4, -0.2) is 60.8 Å². The smallest absolute Gasteiger partial charge is 0.310 e. The minimum atomic E-state index is -0.0386. The van der Waals surface area contributed by atoms with Gasteiger partial charge >= 0.3 is 5.97 Å². The Bertz CT molecular complexity index is 352. The number of hydrogen-bond acceptors (Lipinski definition) is 5. The molecule has 0 aromatic rings. The van der Waals surface area contributed by atoms with E-state index in [0.29, 0.717) is 6.04 Å². The molecule has 1 spiro atoms. The van der Waals surface area contributed by atoms with E-state index in [4.69, 9.17) is 9.47 Å². The highest BCUT2D eigenvalue weighted by Gasteiger charge is 2.42. The lowest BCUT2D eigenvalue weighted by Crippen LogP contribution is -2.49. The lowest BCUT2D eigenvalue weighted by Gasteiger charge is -2.45. The van der Waals surface area contributed by atoms with Crippen LogP contribution in [0.4, 0.5) is 0 Å². The molecule has 3 heterocycles. The second-order valence-electron chi connectivity index (χ2n) is 6.29. The summed E-state index contributed by atoms with van der Waals surface area (Å²) in [6.45, 7) is 2.80. The van der Waals surface area contributed by atoms with Crippen LogP contribution in [0.5, 0.6) is 0 Å². The van der Waals surface area contributed by atoms with Crippen molar-refractivity contribution in [3.63, 3.8) is 0 Å². The van der Waals surface area contributed by atoms with Gasteiger partial charge in [-0.15, -0.1) is 0 Å². The molecule has 3 aliphatic heterocycles. The molecule has 114 valence electrons. The highest BCUT2D eigenvalue weighted by Crippen LogP contribution is 2.39. The second-order valence-corrected chi connectivity index (χ2v) is 7.52. The quantitative estimate of drug-likeness (QED) is 0.729. The maximum Gasteiger partial charge on any atom is 0.310 e. The Kier molecular flexibility index (Phi) is 4.58. The van der Waals surface area contributed by atoms with Gasteiger partial charge in [0.1, 0.15) is 0 Å². The van der Waals surface area contributed by atoms with Crippen molar-refractivity contribution in [1.82, 2.24) is 4.90 Å². The van der Waals surface area contributed by atoms with Gasteiger partial charge in [0.05, 0.1) is 18.6 Å². The van der Waals surface area contributed by atoms with Gasteiger partial charge in [0.2, 0.25) is 0 Å². The lowest BCUT2D eigenvalue weighted by molar-refractivity contribution is -0.145. The summed E-state index contributed by atoms with van der Waals surface area (Å²) in [7, 11) is 1.49. The fourth-order valence-corrected chi connectivity index (χ4v) is 5.12. The van der Waals surface area contributed by atoms with Crippen LogP contribution in [0.25, 0.3) is 0 Å². The Labute approximate surface area is 125 Å². The average Bonchev–Trinajstić information content (AvgIpc) is 2.97. The summed E-state index contributed by atoms with van der Waals surface area (Å²) in [5.74, 6) is 2.51. The van der Waals surface area contributed by atoms with Gasteiger partial charge in [0.25, 0.3) is 0 Å². The van der Waals surface area contributed by atoms with Gasteiger partial charge in [-0.1, -0.05) is 0 Å². The van der Waals surface area contributed by atoms with Gasteiger partial charge in [-0.2, -0.15) is 11.8 Å². The molecule has 2 atom stereocenters. The molecule has 5 heteroatoms. The van der Waals surface area contributed by atoms with Crippen LogP contribution in [0.2, 0.25) is 0 Å². The second kappa shape index (κ2) is 6.24. The molecule has 0 aliphatic carbocycles. The van der Waals surface area contributed by atoms with Crippen LogP contribution in [0.1, 0.15) is 32.1 Å². The van der Waals surface area contributed by atoms with Crippen molar-refractivity contribution in [3.8, 4) is 0 Å². The highest BCUT2D eigenvalue weighted by atomic mass is 32.2. The Morgan fingerprint density at radius 3 is 2.90 bits per heavy atom. The number of thioether (sulfide) groups is 1. The zero-order valence-electron chi connectivity index (χ0n) is 12.3. The number of ether oxygens (including phenoxy) is 2. The summed E-state index contributed by atoms with van der Waals surface area (Å²) in [6.07, 6.45) is 5.61. The molecule has 20 heavy (non-hydrogen) atoms. The van der Waals surface area contributed by atoms with Crippen LogP contribution >= 0.6 is 11.8 Å². The van der Waals surface area contributed by atoms with Crippen LogP contribution in [-0.2, 0) is 14.3 Å². The van der Waals surface area contributed by atoms with E-state index in [1.807, 2.05) is 11.8 Å². The Morgan fingerprint density at radius 1 is 1.35 bits per heavy atom. The van der Waals surface area contributed by atoms with Crippen molar-refractivity contribution in [1.29, 1.82) is 0 Å². The zero-order valence-corrected chi connectivity index (χ0v) is 13.1. The van der Waals surface area contributed by atoms with Crippen LogP contribution < -0.4 is 0 Å². The number of hydrogen-bond donors (Lipinski definition) is 0. The van der Waals surface area contributed by atoms with Crippen molar-refractivity contribution in [2.75, 3.05) is 38.3 Å². The summed E-state index contributed by atoms with van der Waals surface area (Å²) in [5, 5.41) is 0. The number of esters is 1. The third-order valence-corrected chi connectivity index (χ3v) is 6.13. The topological polar surface area (TPSA) is 38.8 Å². The number of methoxy groups -OCH3 is 1. The Morgan fingerprint density at radius 2 is 2.15 bits per heavy atom. The summed E-state index contributed by atoms with van der Waals surface area (Å²) < 4.78 is 11.0. The fourth-order valence-electron chi connectivity index (χ4n) is 3.88. The summed E-state index contributed by atoms with van der Waals surface area (Å²) in [4.78, 5) is 14.2. The van der Waals surface area contributed by atoms with Crippen molar-refractivity contribution < 1.29 is 14.3 Å². The van der Waals surface area contributed by atoms with Gasteiger partial charge in [-0.05, 0) is 50.2 Å². The molecule has 0 amide bonds. The van der Waals surface area contributed by atoms with E-state index in [2.05, 4.69) is 4.90 Å². The van der Waals surface area contributed by atoms with Crippen LogP contribution in [0, 0.1) is 5.92 Å². The van der Waals surface area contributed by atoms with E-state index >= 15 is 0 Å².